The van der Waals surface area contributed by atoms with Crippen molar-refractivity contribution in [3.05, 3.63) is 35.7 Å². The summed E-state index contributed by atoms with van der Waals surface area (Å²) in [6.45, 7) is 10.5. The highest BCUT2D eigenvalue weighted by molar-refractivity contribution is 5.51. The van der Waals surface area contributed by atoms with Crippen molar-refractivity contribution in [2.24, 2.45) is 5.92 Å². The molecule has 22 heavy (non-hydrogen) atoms. The highest BCUT2D eigenvalue weighted by Crippen LogP contribution is 2.20. The monoisotopic (exact) mass is 302 g/mol. The second-order valence-corrected chi connectivity index (χ2v) is 5.84. The number of aromatic nitrogens is 3. The zero-order valence-electron chi connectivity index (χ0n) is 14.0. The number of aliphatic hydroxyl groups is 1. The molecule has 0 unspecified atom stereocenters. The molecule has 0 aliphatic carbocycles. The summed E-state index contributed by atoms with van der Waals surface area (Å²) >= 11 is 0. The van der Waals surface area contributed by atoms with Gasteiger partial charge in [0, 0.05) is 18.8 Å². The van der Waals surface area contributed by atoms with Crippen LogP contribution >= 0.6 is 0 Å². The van der Waals surface area contributed by atoms with Crippen LogP contribution in [0, 0.1) is 5.92 Å². The lowest BCUT2D eigenvalue weighted by atomic mass is 10.1. The quantitative estimate of drug-likeness (QED) is 0.854. The topological polar surface area (TPSA) is 54.2 Å². The van der Waals surface area contributed by atoms with Gasteiger partial charge in [-0.1, -0.05) is 19.1 Å². The Kier molecular flexibility index (Phi) is 5.55. The average molecular weight is 302 g/mol. The summed E-state index contributed by atoms with van der Waals surface area (Å²) in [6, 6.07) is 8.35. The van der Waals surface area contributed by atoms with Crippen LogP contribution in [-0.2, 0) is 13.0 Å². The minimum Gasteiger partial charge on any atom is -0.390 e. The number of rotatable bonds is 7. The van der Waals surface area contributed by atoms with Gasteiger partial charge in [-0.2, -0.15) is 0 Å². The van der Waals surface area contributed by atoms with Crippen molar-refractivity contribution in [3.63, 3.8) is 0 Å². The molecule has 1 heterocycles. The molecule has 0 saturated carbocycles. The maximum Gasteiger partial charge on any atom is 0.112 e. The summed E-state index contributed by atoms with van der Waals surface area (Å²) in [6.07, 6.45) is 0.848. The smallest absolute Gasteiger partial charge is 0.112 e. The third-order valence-corrected chi connectivity index (χ3v) is 3.82. The Labute approximate surface area is 132 Å². The van der Waals surface area contributed by atoms with Crippen LogP contribution in [0.25, 0.3) is 5.69 Å². The summed E-state index contributed by atoms with van der Waals surface area (Å²) < 4.78 is 1.84. The average Bonchev–Trinajstić information content (AvgIpc) is 2.91. The second-order valence-electron chi connectivity index (χ2n) is 5.84. The molecule has 5 heteroatoms. The molecule has 5 nitrogen and oxygen atoms in total. The number of benzene rings is 1. The predicted octanol–water partition coefficient (Wildman–Crippen LogP) is 2.80. The van der Waals surface area contributed by atoms with Crippen LogP contribution < -0.4 is 4.90 Å². The lowest BCUT2D eigenvalue weighted by Gasteiger charge is -2.21. The lowest BCUT2D eigenvalue weighted by Crippen LogP contribution is -2.21. The Morgan fingerprint density at radius 1 is 1.14 bits per heavy atom. The van der Waals surface area contributed by atoms with Crippen LogP contribution in [0.4, 0.5) is 5.69 Å². The minimum atomic E-state index is -0.0699. The first-order valence-electron chi connectivity index (χ1n) is 8.00. The number of hydrogen-bond donors (Lipinski definition) is 1. The van der Waals surface area contributed by atoms with Gasteiger partial charge < -0.3 is 10.0 Å². The third kappa shape index (κ3) is 3.47. The number of anilines is 1. The Morgan fingerprint density at radius 3 is 2.27 bits per heavy atom. The van der Waals surface area contributed by atoms with Crippen LogP contribution in [0.3, 0.4) is 0 Å². The molecular weight excluding hydrogens is 276 g/mol. The first-order valence-corrected chi connectivity index (χ1v) is 8.00. The van der Waals surface area contributed by atoms with Crippen molar-refractivity contribution in [2.45, 2.75) is 40.7 Å². The molecule has 0 saturated heterocycles. The SMILES string of the molecule is CCN(CC)c1ccc(-n2nnc(CO)c2CC(C)C)cc1. The highest BCUT2D eigenvalue weighted by Gasteiger charge is 2.15. The Hall–Kier alpha value is -1.88. The molecule has 2 rings (SSSR count). The van der Waals surface area contributed by atoms with Gasteiger partial charge in [0.15, 0.2) is 0 Å². The summed E-state index contributed by atoms with van der Waals surface area (Å²) in [5.74, 6) is 0.484. The van der Waals surface area contributed by atoms with E-state index < -0.39 is 0 Å². The molecular formula is C17H26N4O. The van der Waals surface area contributed by atoms with Gasteiger partial charge in [0.2, 0.25) is 0 Å². The molecule has 0 aliphatic rings. The fourth-order valence-electron chi connectivity index (χ4n) is 2.65. The van der Waals surface area contributed by atoms with Crippen LogP contribution in [0.15, 0.2) is 24.3 Å². The minimum absolute atomic E-state index is 0.0699. The van der Waals surface area contributed by atoms with Crippen molar-refractivity contribution in [3.8, 4) is 5.69 Å². The van der Waals surface area contributed by atoms with E-state index in [1.54, 1.807) is 0 Å². The van der Waals surface area contributed by atoms with Crippen molar-refractivity contribution in [2.75, 3.05) is 18.0 Å². The van der Waals surface area contributed by atoms with E-state index in [1.165, 1.54) is 5.69 Å². The second kappa shape index (κ2) is 7.40. The summed E-state index contributed by atoms with van der Waals surface area (Å²) in [4.78, 5) is 2.30. The van der Waals surface area contributed by atoms with E-state index in [4.69, 9.17) is 0 Å². The molecule has 0 spiro atoms. The van der Waals surface area contributed by atoms with Crippen LogP contribution in [0.5, 0.6) is 0 Å². The molecule has 1 aromatic carbocycles. The molecule has 0 bridgehead atoms. The summed E-state index contributed by atoms with van der Waals surface area (Å²) in [5.41, 5.74) is 3.86. The maximum absolute atomic E-state index is 9.45. The first-order chi connectivity index (χ1) is 10.6. The number of nitrogens with zero attached hydrogens (tertiary/aromatic N) is 4. The predicted molar refractivity (Wildman–Crippen MR) is 89.4 cm³/mol. The van der Waals surface area contributed by atoms with Gasteiger partial charge in [-0.3, -0.25) is 0 Å². The third-order valence-electron chi connectivity index (χ3n) is 3.82. The molecule has 0 atom stereocenters. The zero-order valence-corrected chi connectivity index (χ0v) is 14.0. The van der Waals surface area contributed by atoms with Crippen LogP contribution in [0.2, 0.25) is 0 Å². The van der Waals surface area contributed by atoms with Crippen LogP contribution in [-0.4, -0.2) is 33.2 Å². The molecule has 0 aliphatic heterocycles. The van der Waals surface area contributed by atoms with E-state index in [0.29, 0.717) is 11.6 Å². The standard InChI is InChI=1S/C17H26N4O/c1-5-20(6-2)14-7-9-15(10-8-14)21-17(11-13(3)4)16(12-22)18-19-21/h7-10,13,22H,5-6,11-12H2,1-4H3. The van der Waals surface area contributed by atoms with Crippen molar-refractivity contribution in [1.29, 1.82) is 0 Å². The molecule has 0 radical (unpaired) electrons. The van der Waals surface area contributed by atoms with Gasteiger partial charge in [-0.25, -0.2) is 4.68 Å². The van der Waals surface area contributed by atoms with E-state index in [0.717, 1.165) is 30.9 Å². The maximum atomic E-state index is 9.45. The van der Waals surface area contributed by atoms with Crippen molar-refractivity contribution < 1.29 is 5.11 Å². The van der Waals surface area contributed by atoms with Gasteiger partial charge in [0.1, 0.15) is 5.69 Å². The Bertz CT molecular complexity index is 585. The van der Waals surface area contributed by atoms with Gasteiger partial charge in [0.05, 0.1) is 18.0 Å². The fraction of sp³-hybridized carbons (Fsp3) is 0.529. The Balaban J connectivity index is 2.34. The number of hydrogen-bond acceptors (Lipinski definition) is 4. The number of aliphatic hydroxyl groups excluding tert-OH is 1. The Morgan fingerprint density at radius 2 is 1.77 bits per heavy atom. The van der Waals surface area contributed by atoms with Crippen molar-refractivity contribution in [1.82, 2.24) is 15.0 Å². The molecule has 2 aromatic rings. The molecule has 1 N–H and O–H groups in total. The zero-order chi connectivity index (χ0) is 16.1. The van der Waals surface area contributed by atoms with E-state index in [9.17, 15) is 5.11 Å². The van der Waals surface area contributed by atoms with E-state index in [1.807, 2.05) is 4.68 Å². The van der Waals surface area contributed by atoms with Gasteiger partial charge in [-0.15, -0.1) is 5.10 Å². The molecule has 0 fully saturated rings. The van der Waals surface area contributed by atoms with E-state index >= 15 is 0 Å². The van der Waals surface area contributed by atoms with Gasteiger partial charge in [-0.05, 0) is 50.5 Å². The first kappa shape index (κ1) is 16.5. The normalized spacial score (nSPS) is 11.2. The van der Waals surface area contributed by atoms with Crippen LogP contribution in [0.1, 0.15) is 39.1 Å². The van der Waals surface area contributed by atoms with Gasteiger partial charge in [0.25, 0.3) is 0 Å². The summed E-state index contributed by atoms with van der Waals surface area (Å²) in [7, 11) is 0. The van der Waals surface area contributed by atoms with Gasteiger partial charge >= 0.3 is 0 Å². The fourth-order valence-corrected chi connectivity index (χ4v) is 2.65. The summed E-state index contributed by atoms with van der Waals surface area (Å²) in [5, 5.41) is 17.8. The molecule has 1 aromatic heterocycles. The lowest BCUT2D eigenvalue weighted by molar-refractivity contribution is 0.275. The van der Waals surface area contributed by atoms with E-state index in [-0.39, 0.29) is 6.61 Å². The molecule has 0 amide bonds. The highest BCUT2D eigenvalue weighted by atomic mass is 16.3. The van der Waals surface area contributed by atoms with Crippen molar-refractivity contribution >= 4 is 5.69 Å². The molecule has 120 valence electrons. The van der Waals surface area contributed by atoms with E-state index in [2.05, 4.69) is 67.2 Å². The largest absolute Gasteiger partial charge is 0.390 e.